The van der Waals surface area contributed by atoms with E-state index < -0.39 is 21.7 Å². The molecule has 1 aromatic carbocycles. The maximum Gasteiger partial charge on any atom is 0.252 e. The maximum atomic E-state index is 13.3. The lowest BCUT2D eigenvalue weighted by molar-refractivity contribution is 0.1000. The van der Waals surface area contributed by atoms with Crippen LogP contribution in [0.4, 0.5) is 10.1 Å². The predicted molar refractivity (Wildman–Crippen MR) is 94.7 cm³/mol. The van der Waals surface area contributed by atoms with Crippen molar-refractivity contribution in [2.75, 3.05) is 18.0 Å². The molecule has 26 heavy (non-hydrogen) atoms. The first-order chi connectivity index (χ1) is 12.4. The molecule has 1 unspecified atom stereocenters. The van der Waals surface area contributed by atoms with Crippen molar-refractivity contribution in [3.05, 3.63) is 54.1 Å². The van der Waals surface area contributed by atoms with Crippen LogP contribution in [0, 0.1) is 5.82 Å². The minimum atomic E-state index is -3.84. The average molecular weight is 378 g/mol. The van der Waals surface area contributed by atoms with Crippen molar-refractivity contribution < 1.29 is 17.6 Å². The highest BCUT2D eigenvalue weighted by atomic mass is 32.2. The zero-order valence-corrected chi connectivity index (χ0v) is 14.7. The third kappa shape index (κ3) is 4.00. The van der Waals surface area contributed by atoms with Crippen molar-refractivity contribution in [2.24, 2.45) is 5.73 Å². The number of pyridine rings is 1. The molecule has 0 saturated carbocycles. The number of nitrogens with zero attached hydrogens (tertiary/aromatic N) is 2. The molecule has 1 aliphatic heterocycles. The molecule has 1 amide bonds. The van der Waals surface area contributed by atoms with E-state index in [1.807, 2.05) is 4.90 Å². The fraction of sp³-hybridized carbons (Fsp3) is 0.294. The molecule has 1 saturated heterocycles. The van der Waals surface area contributed by atoms with E-state index in [1.165, 1.54) is 24.4 Å². The van der Waals surface area contributed by atoms with Gasteiger partial charge in [0.25, 0.3) is 5.91 Å². The van der Waals surface area contributed by atoms with Gasteiger partial charge >= 0.3 is 0 Å². The Hall–Kier alpha value is -2.52. The topological polar surface area (TPSA) is 105 Å². The largest absolute Gasteiger partial charge is 0.369 e. The van der Waals surface area contributed by atoms with Crippen LogP contribution in [0.1, 0.15) is 23.2 Å². The number of anilines is 1. The van der Waals surface area contributed by atoms with E-state index in [2.05, 4.69) is 9.71 Å². The molecular weight excluding hydrogens is 359 g/mol. The lowest BCUT2D eigenvalue weighted by Crippen LogP contribution is -2.48. The second-order valence-corrected chi connectivity index (χ2v) is 7.83. The lowest BCUT2D eigenvalue weighted by Gasteiger charge is -2.35. The van der Waals surface area contributed by atoms with Crippen molar-refractivity contribution in [3.8, 4) is 0 Å². The quantitative estimate of drug-likeness (QED) is 0.815. The summed E-state index contributed by atoms with van der Waals surface area (Å²) in [6, 6.07) is 6.19. The number of nitrogens with one attached hydrogen (secondary N) is 1. The number of primary amides is 1. The number of sulfonamides is 1. The molecule has 9 heteroatoms. The summed E-state index contributed by atoms with van der Waals surface area (Å²) >= 11 is 0. The number of aromatic nitrogens is 1. The highest BCUT2D eigenvalue weighted by molar-refractivity contribution is 7.89. The fourth-order valence-corrected chi connectivity index (χ4v) is 4.36. The van der Waals surface area contributed by atoms with Gasteiger partial charge in [-0.3, -0.25) is 9.78 Å². The molecule has 3 rings (SSSR count). The van der Waals surface area contributed by atoms with Crippen molar-refractivity contribution in [2.45, 2.75) is 23.8 Å². The van der Waals surface area contributed by atoms with Gasteiger partial charge in [0.1, 0.15) is 5.82 Å². The molecule has 3 N–H and O–H groups in total. The van der Waals surface area contributed by atoms with E-state index in [0.29, 0.717) is 30.8 Å². The standard InChI is InChI=1S/C17H19FN4O3S/c18-12-3-1-5-14(9-12)26(24,25)21-13-4-2-8-22(11-13)16-6-7-20-10-15(16)17(19)23/h1,3,5-7,9-10,13,21H,2,4,8,11H2,(H2,19,23). The van der Waals surface area contributed by atoms with Gasteiger partial charge in [-0.25, -0.2) is 17.5 Å². The average Bonchev–Trinajstić information content (AvgIpc) is 2.61. The van der Waals surface area contributed by atoms with Gasteiger partial charge in [-0.2, -0.15) is 0 Å². The normalized spacial score (nSPS) is 17.9. The van der Waals surface area contributed by atoms with Gasteiger partial charge in [0.15, 0.2) is 0 Å². The number of hydrogen-bond donors (Lipinski definition) is 2. The van der Waals surface area contributed by atoms with E-state index in [9.17, 15) is 17.6 Å². The van der Waals surface area contributed by atoms with Gasteiger partial charge in [-0.15, -0.1) is 0 Å². The first-order valence-electron chi connectivity index (χ1n) is 8.13. The zero-order valence-electron chi connectivity index (χ0n) is 13.9. The van der Waals surface area contributed by atoms with Crippen LogP contribution >= 0.6 is 0 Å². The Kier molecular flexibility index (Phi) is 5.19. The molecule has 1 atom stereocenters. The summed E-state index contributed by atoms with van der Waals surface area (Å²) in [6.07, 6.45) is 4.33. The van der Waals surface area contributed by atoms with Gasteiger partial charge in [-0.1, -0.05) is 6.07 Å². The number of amides is 1. The van der Waals surface area contributed by atoms with E-state index in [1.54, 1.807) is 12.3 Å². The Morgan fingerprint density at radius 2 is 2.15 bits per heavy atom. The van der Waals surface area contributed by atoms with Crippen molar-refractivity contribution in [1.82, 2.24) is 9.71 Å². The summed E-state index contributed by atoms with van der Waals surface area (Å²) in [5.74, 6) is -1.20. The van der Waals surface area contributed by atoms with Crippen LogP contribution in [0.25, 0.3) is 0 Å². The van der Waals surface area contributed by atoms with Gasteiger partial charge in [0, 0.05) is 31.5 Å². The minimum Gasteiger partial charge on any atom is -0.369 e. The summed E-state index contributed by atoms with van der Waals surface area (Å²) in [4.78, 5) is 17.3. The highest BCUT2D eigenvalue weighted by Crippen LogP contribution is 2.24. The molecule has 1 aromatic heterocycles. The van der Waals surface area contributed by atoms with E-state index in [0.717, 1.165) is 12.5 Å². The third-order valence-electron chi connectivity index (χ3n) is 4.25. The Bertz CT molecular complexity index is 920. The summed E-state index contributed by atoms with van der Waals surface area (Å²) in [5, 5.41) is 0. The van der Waals surface area contributed by atoms with Crippen LogP contribution in [0.5, 0.6) is 0 Å². The third-order valence-corrected chi connectivity index (χ3v) is 5.77. The number of carbonyl (C=O) groups excluding carboxylic acids is 1. The van der Waals surface area contributed by atoms with Gasteiger partial charge in [0.05, 0.1) is 16.1 Å². The first kappa shape index (κ1) is 18.3. The summed E-state index contributed by atoms with van der Waals surface area (Å²) in [6.45, 7) is 1.04. The van der Waals surface area contributed by atoms with Crippen LogP contribution in [0.2, 0.25) is 0 Å². The number of rotatable bonds is 5. The Morgan fingerprint density at radius 3 is 2.88 bits per heavy atom. The second kappa shape index (κ2) is 7.38. The molecule has 1 fully saturated rings. The van der Waals surface area contributed by atoms with Gasteiger partial charge in [0.2, 0.25) is 10.0 Å². The Morgan fingerprint density at radius 1 is 1.35 bits per heavy atom. The maximum absolute atomic E-state index is 13.3. The number of benzene rings is 1. The summed E-state index contributed by atoms with van der Waals surface area (Å²) < 4.78 is 40.9. The molecule has 7 nitrogen and oxygen atoms in total. The molecule has 0 spiro atoms. The van der Waals surface area contributed by atoms with E-state index in [-0.39, 0.29) is 10.9 Å². The number of piperidine rings is 1. The molecule has 0 bridgehead atoms. The molecule has 0 aliphatic carbocycles. The molecule has 2 aromatic rings. The Labute approximate surface area is 151 Å². The Balaban J connectivity index is 1.78. The second-order valence-electron chi connectivity index (χ2n) is 6.12. The highest BCUT2D eigenvalue weighted by Gasteiger charge is 2.27. The molecular formula is C17H19FN4O3S. The summed E-state index contributed by atoms with van der Waals surface area (Å²) in [5.41, 5.74) is 6.31. The molecule has 1 aliphatic rings. The molecule has 2 heterocycles. The van der Waals surface area contributed by atoms with Crippen molar-refractivity contribution >= 4 is 21.6 Å². The first-order valence-corrected chi connectivity index (χ1v) is 9.62. The van der Waals surface area contributed by atoms with Crippen LogP contribution in [-0.2, 0) is 10.0 Å². The van der Waals surface area contributed by atoms with Crippen molar-refractivity contribution in [3.63, 3.8) is 0 Å². The minimum absolute atomic E-state index is 0.114. The van der Waals surface area contributed by atoms with E-state index in [4.69, 9.17) is 5.73 Å². The molecule has 0 radical (unpaired) electrons. The van der Waals surface area contributed by atoms with Crippen LogP contribution < -0.4 is 15.4 Å². The number of hydrogen-bond acceptors (Lipinski definition) is 5. The van der Waals surface area contributed by atoms with Crippen LogP contribution in [0.3, 0.4) is 0 Å². The SMILES string of the molecule is NC(=O)c1cnccc1N1CCCC(NS(=O)(=O)c2cccc(F)c2)C1. The predicted octanol–water partition coefficient (Wildman–Crippen LogP) is 1.27. The number of nitrogens with two attached hydrogens (primary N) is 1. The number of carbonyl (C=O) groups is 1. The number of halogens is 1. The molecule has 138 valence electrons. The fourth-order valence-electron chi connectivity index (χ4n) is 3.07. The van der Waals surface area contributed by atoms with Gasteiger partial charge < -0.3 is 10.6 Å². The van der Waals surface area contributed by atoms with Crippen LogP contribution in [-0.4, -0.2) is 38.4 Å². The summed E-state index contributed by atoms with van der Waals surface area (Å²) in [7, 11) is -3.84. The van der Waals surface area contributed by atoms with E-state index >= 15 is 0 Å². The van der Waals surface area contributed by atoms with Gasteiger partial charge in [-0.05, 0) is 37.1 Å². The van der Waals surface area contributed by atoms with Crippen LogP contribution in [0.15, 0.2) is 47.6 Å². The monoisotopic (exact) mass is 378 g/mol. The van der Waals surface area contributed by atoms with Crippen molar-refractivity contribution in [1.29, 1.82) is 0 Å². The smallest absolute Gasteiger partial charge is 0.252 e. The zero-order chi connectivity index (χ0) is 18.7. The lowest BCUT2D eigenvalue weighted by atomic mass is 10.0.